The molecule has 0 saturated heterocycles. The monoisotopic (exact) mass is 539 g/mol. The van der Waals surface area contributed by atoms with Gasteiger partial charge in [0.25, 0.3) is 0 Å². The van der Waals surface area contributed by atoms with Crippen molar-refractivity contribution in [1.82, 2.24) is 5.32 Å². The topological polar surface area (TPSA) is 69.6 Å². The number of unbranched alkanes of at least 4 members (excludes halogenated alkanes) is 1. The molecular formula is C24H31F5NO3PS. The summed E-state index contributed by atoms with van der Waals surface area (Å²) in [6.07, 6.45) is -2.98. The van der Waals surface area contributed by atoms with Crippen molar-refractivity contribution in [1.29, 1.82) is 0 Å². The fraction of sp³-hybridized carbons (Fsp3) is 0.500. The highest BCUT2D eigenvalue weighted by Crippen LogP contribution is 2.39. The van der Waals surface area contributed by atoms with E-state index in [0.717, 1.165) is 23.9 Å². The molecule has 0 unspecified atom stereocenters. The second kappa shape index (κ2) is 12.7. The van der Waals surface area contributed by atoms with E-state index in [1.807, 2.05) is 13.8 Å². The van der Waals surface area contributed by atoms with Crippen molar-refractivity contribution in [2.45, 2.75) is 62.6 Å². The maximum Gasteiger partial charge on any atom is 0.417 e. The van der Waals surface area contributed by atoms with Crippen LogP contribution >= 0.6 is 19.4 Å². The van der Waals surface area contributed by atoms with E-state index < -0.39 is 30.6 Å². The van der Waals surface area contributed by atoms with Gasteiger partial charge < -0.3 is 15.1 Å². The van der Waals surface area contributed by atoms with Crippen molar-refractivity contribution in [2.75, 3.05) is 18.5 Å². The maximum atomic E-state index is 14.5. The molecule has 0 saturated carbocycles. The maximum absolute atomic E-state index is 14.5. The van der Waals surface area contributed by atoms with Gasteiger partial charge in [0.2, 0.25) is 0 Å². The van der Waals surface area contributed by atoms with Gasteiger partial charge >= 0.3 is 13.8 Å². The fourth-order valence-electron chi connectivity index (χ4n) is 3.71. The molecule has 0 aliphatic heterocycles. The van der Waals surface area contributed by atoms with Crippen LogP contribution in [0.25, 0.3) is 0 Å². The third-order valence-electron chi connectivity index (χ3n) is 5.63. The average molecular weight is 540 g/mol. The van der Waals surface area contributed by atoms with Crippen LogP contribution in [-0.4, -0.2) is 28.2 Å². The second-order valence-electron chi connectivity index (χ2n) is 9.03. The highest BCUT2D eigenvalue weighted by Gasteiger charge is 2.34. The van der Waals surface area contributed by atoms with Crippen LogP contribution in [-0.2, 0) is 22.7 Å². The number of halogens is 5. The second-order valence-corrected chi connectivity index (χ2v) is 11.9. The molecule has 0 aliphatic carbocycles. The molecule has 0 bridgehead atoms. The summed E-state index contributed by atoms with van der Waals surface area (Å²) in [6.45, 7) is 3.79. The van der Waals surface area contributed by atoms with Gasteiger partial charge in [-0.05, 0) is 60.7 Å². The van der Waals surface area contributed by atoms with E-state index in [4.69, 9.17) is 9.79 Å². The number of alkyl halides is 3. The Hall–Kier alpha value is -1.45. The number of thioether (sulfide) groups is 1. The summed E-state index contributed by atoms with van der Waals surface area (Å²) in [5.41, 5.74) is -0.897. The zero-order valence-electron chi connectivity index (χ0n) is 19.7. The van der Waals surface area contributed by atoms with Crippen molar-refractivity contribution in [2.24, 2.45) is 0 Å². The molecule has 0 aliphatic rings. The molecule has 0 amide bonds. The highest BCUT2D eigenvalue weighted by atomic mass is 32.2. The average Bonchev–Trinajstić information content (AvgIpc) is 2.73. The summed E-state index contributed by atoms with van der Waals surface area (Å²) in [6, 6.07) is 8.21. The summed E-state index contributed by atoms with van der Waals surface area (Å²) in [5, 5.41) is 2.72. The van der Waals surface area contributed by atoms with Crippen LogP contribution in [0.1, 0.15) is 56.2 Å². The molecule has 2 aromatic carbocycles. The minimum absolute atomic E-state index is 0.111. The van der Waals surface area contributed by atoms with Gasteiger partial charge in [0.1, 0.15) is 11.6 Å². The van der Waals surface area contributed by atoms with Crippen molar-refractivity contribution < 1.29 is 36.3 Å². The van der Waals surface area contributed by atoms with E-state index >= 15 is 0 Å². The first kappa shape index (κ1) is 29.8. The van der Waals surface area contributed by atoms with Crippen LogP contribution in [0.15, 0.2) is 41.3 Å². The summed E-state index contributed by atoms with van der Waals surface area (Å²) >= 11 is 0.940. The van der Waals surface area contributed by atoms with Gasteiger partial charge in [0.05, 0.1) is 11.7 Å². The molecule has 3 N–H and O–H groups in total. The highest BCUT2D eigenvalue weighted by molar-refractivity contribution is 7.99. The van der Waals surface area contributed by atoms with Crippen molar-refractivity contribution >= 4 is 19.4 Å². The predicted octanol–water partition coefficient (Wildman–Crippen LogP) is 6.88. The molecule has 0 fully saturated rings. The first-order chi connectivity index (χ1) is 16.2. The van der Waals surface area contributed by atoms with E-state index in [9.17, 15) is 26.5 Å². The SMILES string of the molecule is CC(C)(CCCCSc1cc(F)c(CNCCCP(=O)(O)O)cc1C(F)(F)F)c1ccccc1F. The standard InChI is InChI=1S/C24H31F5NO3PS/c1-23(2,18-8-3-4-9-20(18)25)10-5-6-13-35-22-15-21(26)17(14-19(22)24(27,28)29)16-30-11-7-12-34(31,32)33/h3-4,8-9,14-15,30H,5-7,10-13,16H2,1-2H3,(H2,31,32,33). The lowest BCUT2D eigenvalue weighted by Crippen LogP contribution is -2.19. The molecule has 0 radical (unpaired) electrons. The zero-order valence-corrected chi connectivity index (χ0v) is 21.4. The number of nitrogens with one attached hydrogen (secondary N) is 1. The Labute approximate surface area is 206 Å². The Bertz CT molecular complexity index is 1030. The number of benzene rings is 2. The van der Waals surface area contributed by atoms with E-state index in [1.54, 1.807) is 18.2 Å². The molecule has 2 aromatic rings. The van der Waals surface area contributed by atoms with E-state index in [-0.39, 0.29) is 41.9 Å². The van der Waals surface area contributed by atoms with E-state index in [1.165, 1.54) is 6.07 Å². The minimum atomic E-state index is -4.65. The van der Waals surface area contributed by atoms with Crippen LogP contribution in [0.4, 0.5) is 22.0 Å². The lowest BCUT2D eigenvalue weighted by molar-refractivity contribution is -0.139. The number of hydrogen-bond acceptors (Lipinski definition) is 3. The van der Waals surface area contributed by atoms with E-state index in [0.29, 0.717) is 30.6 Å². The normalized spacial score (nSPS) is 12.8. The Balaban J connectivity index is 1.94. The van der Waals surface area contributed by atoms with Crippen LogP contribution < -0.4 is 5.32 Å². The third-order valence-corrected chi connectivity index (χ3v) is 7.67. The van der Waals surface area contributed by atoms with Crippen LogP contribution in [0.5, 0.6) is 0 Å². The zero-order chi connectivity index (χ0) is 26.3. The molecule has 4 nitrogen and oxygen atoms in total. The molecular weight excluding hydrogens is 508 g/mol. The van der Waals surface area contributed by atoms with E-state index in [2.05, 4.69) is 5.32 Å². The van der Waals surface area contributed by atoms with Gasteiger partial charge in [-0.15, -0.1) is 11.8 Å². The van der Waals surface area contributed by atoms with Gasteiger partial charge in [-0.3, -0.25) is 4.57 Å². The van der Waals surface area contributed by atoms with Gasteiger partial charge in [-0.1, -0.05) is 38.5 Å². The number of hydrogen-bond donors (Lipinski definition) is 3. The van der Waals surface area contributed by atoms with Crippen LogP contribution in [0, 0.1) is 11.6 Å². The summed E-state index contributed by atoms with van der Waals surface area (Å²) in [4.78, 5) is 17.5. The lowest BCUT2D eigenvalue weighted by Gasteiger charge is -2.25. The first-order valence-electron chi connectivity index (χ1n) is 11.2. The van der Waals surface area contributed by atoms with Gasteiger partial charge in [0.15, 0.2) is 0 Å². The Morgan fingerprint density at radius 1 is 0.971 bits per heavy atom. The molecule has 35 heavy (non-hydrogen) atoms. The fourth-order valence-corrected chi connectivity index (χ4v) is 5.36. The van der Waals surface area contributed by atoms with Crippen molar-refractivity contribution in [3.63, 3.8) is 0 Å². The summed E-state index contributed by atoms with van der Waals surface area (Å²) in [5.74, 6) is -0.701. The molecule has 0 heterocycles. The van der Waals surface area contributed by atoms with Gasteiger partial charge in [-0.25, -0.2) is 8.78 Å². The largest absolute Gasteiger partial charge is 0.417 e. The molecule has 0 spiro atoms. The Morgan fingerprint density at radius 2 is 1.66 bits per heavy atom. The molecule has 11 heteroatoms. The minimum Gasteiger partial charge on any atom is -0.324 e. The van der Waals surface area contributed by atoms with Crippen molar-refractivity contribution in [3.8, 4) is 0 Å². The van der Waals surface area contributed by atoms with Gasteiger partial charge in [0, 0.05) is 17.0 Å². The van der Waals surface area contributed by atoms with Crippen LogP contribution in [0.3, 0.4) is 0 Å². The summed E-state index contributed by atoms with van der Waals surface area (Å²) < 4.78 is 80.3. The first-order valence-corrected chi connectivity index (χ1v) is 14.0. The smallest absolute Gasteiger partial charge is 0.324 e. The molecule has 0 aromatic heterocycles. The quantitative estimate of drug-likeness (QED) is 0.112. The molecule has 196 valence electrons. The lowest BCUT2D eigenvalue weighted by atomic mass is 9.80. The van der Waals surface area contributed by atoms with Crippen LogP contribution in [0.2, 0.25) is 0 Å². The van der Waals surface area contributed by atoms with Crippen molar-refractivity contribution in [3.05, 3.63) is 64.7 Å². The number of rotatable bonds is 13. The predicted molar refractivity (Wildman–Crippen MR) is 129 cm³/mol. The molecule has 0 atom stereocenters. The summed E-state index contributed by atoms with van der Waals surface area (Å²) in [7, 11) is -4.15. The third kappa shape index (κ3) is 9.84. The molecule has 2 rings (SSSR count). The Kier molecular flexibility index (Phi) is 10.8. The van der Waals surface area contributed by atoms with Gasteiger partial charge in [-0.2, -0.15) is 13.2 Å². The Morgan fingerprint density at radius 3 is 2.29 bits per heavy atom.